The van der Waals surface area contributed by atoms with E-state index in [0.29, 0.717) is 11.3 Å². The second-order valence-corrected chi connectivity index (χ2v) is 6.61. The van der Waals surface area contributed by atoms with Gasteiger partial charge in [0.15, 0.2) is 0 Å². The van der Waals surface area contributed by atoms with E-state index in [-0.39, 0.29) is 10.7 Å². The lowest BCUT2D eigenvalue weighted by Gasteiger charge is -2.12. The molecule has 0 fully saturated rings. The van der Waals surface area contributed by atoms with E-state index in [1.54, 1.807) is 0 Å². The number of aromatic nitrogens is 2. The Morgan fingerprint density at radius 2 is 2.15 bits per heavy atom. The van der Waals surface area contributed by atoms with E-state index in [2.05, 4.69) is 25.8 Å². The lowest BCUT2D eigenvalue weighted by Crippen LogP contribution is -2.18. The quantitative estimate of drug-likeness (QED) is 0.750. The summed E-state index contributed by atoms with van der Waals surface area (Å²) in [5, 5.41) is 12.9. The Hall–Kier alpha value is -2.88. The van der Waals surface area contributed by atoms with E-state index in [0.717, 1.165) is 24.0 Å². The van der Waals surface area contributed by atoms with E-state index >= 15 is 0 Å². The molecule has 0 atom stereocenters. The van der Waals surface area contributed by atoms with Crippen molar-refractivity contribution in [1.29, 1.82) is 5.26 Å². The lowest BCUT2D eigenvalue weighted by atomic mass is 10.2. The molecule has 0 aliphatic heterocycles. The second-order valence-electron chi connectivity index (χ2n) is 6.21. The number of hydrogen-bond acceptors (Lipinski definition) is 4. The average Bonchev–Trinajstić information content (AvgIpc) is 3.02. The van der Waals surface area contributed by atoms with Crippen LogP contribution in [0.2, 0.25) is 5.02 Å². The van der Waals surface area contributed by atoms with Crippen LogP contribution in [-0.4, -0.2) is 41.0 Å². The summed E-state index contributed by atoms with van der Waals surface area (Å²) in [5.74, 6) is -0.412. The minimum atomic E-state index is -0.412. The van der Waals surface area contributed by atoms with Gasteiger partial charge in [-0.3, -0.25) is 4.79 Å². The molecule has 1 amide bonds. The molecule has 1 N–H and O–H groups in total. The lowest BCUT2D eigenvalue weighted by molar-refractivity contribution is 0.102. The number of hydrogen-bond donors (Lipinski definition) is 1. The van der Waals surface area contributed by atoms with E-state index in [9.17, 15) is 4.79 Å². The molecular formula is C19H18ClN5O. The summed E-state index contributed by atoms with van der Waals surface area (Å²) in [7, 11) is 4.07. The Balaban J connectivity index is 1.83. The fraction of sp³-hybridized carbons (Fsp3) is 0.211. The first kappa shape index (κ1) is 17.9. The van der Waals surface area contributed by atoms with Gasteiger partial charge in [-0.1, -0.05) is 17.7 Å². The van der Waals surface area contributed by atoms with Crippen LogP contribution in [-0.2, 0) is 6.54 Å². The minimum Gasteiger partial charge on any atom is -0.346 e. The fourth-order valence-corrected chi connectivity index (χ4v) is 2.87. The van der Waals surface area contributed by atoms with Crippen molar-refractivity contribution in [3.63, 3.8) is 0 Å². The van der Waals surface area contributed by atoms with Crippen LogP contribution in [0.5, 0.6) is 0 Å². The fourth-order valence-electron chi connectivity index (χ4n) is 2.62. The zero-order valence-electron chi connectivity index (χ0n) is 14.5. The van der Waals surface area contributed by atoms with Crippen molar-refractivity contribution in [2.24, 2.45) is 0 Å². The highest BCUT2D eigenvalue weighted by Crippen LogP contribution is 2.22. The monoisotopic (exact) mass is 367 g/mol. The van der Waals surface area contributed by atoms with Crippen LogP contribution in [0.4, 0.5) is 5.69 Å². The highest BCUT2D eigenvalue weighted by molar-refractivity contribution is 6.34. The average molecular weight is 368 g/mol. The number of anilines is 1. The third-order valence-corrected chi connectivity index (χ3v) is 4.29. The topological polar surface area (TPSA) is 73.9 Å². The maximum absolute atomic E-state index is 12.5. The first-order chi connectivity index (χ1) is 12.5. The Morgan fingerprint density at radius 1 is 1.35 bits per heavy atom. The van der Waals surface area contributed by atoms with Crippen LogP contribution in [0.25, 0.3) is 10.9 Å². The third-order valence-electron chi connectivity index (χ3n) is 4.01. The molecule has 3 rings (SSSR count). The molecule has 0 saturated carbocycles. The predicted molar refractivity (Wildman–Crippen MR) is 102 cm³/mol. The molecule has 3 aromatic rings. The van der Waals surface area contributed by atoms with Gasteiger partial charge in [0, 0.05) is 31.2 Å². The number of likely N-dealkylation sites (N-methyl/N-ethyl adjacent to an activating group) is 1. The van der Waals surface area contributed by atoms with Crippen molar-refractivity contribution >= 4 is 34.1 Å². The molecule has 0 unspecified atom stereocenters. The number of amides is 1. The van der Waals surface area contributed by atoms with Gasteiger partial charge in [0.2, 0.25) is 0 Å². The maximum atomic E-state index is 12.5. The van der Waals surface area contributed by atoms with Crippen LogP contribution in [0.1, 0.15) is 16.1 Å². The smallest absolute Gasteiger partial charge is 0.275 e. The number of carbonyl (C=O) groups excluding carboxylic acids is 1. The number of carbonyl (C=O) groups is 1. The van der Waals surface area contributed by atoms with Crippen molar-refractivity contribution in [3.05, 3.63) is 59.0 Å². The summed E-state index contributed by atoms with van der Waals surface area (Å²) in [5.41, 5.74) is 2.11. The van der Waals surface area contributed by atoms with Crippen molar-refractivity contribution in [3.8, 4) is 6.07 Å². The molecule has 0 radical (unpaired) electrons. The molecule has 132 valence electrons. The van der Waals surface area contributed by atoms with E-state index in [4.69, 9.17) is 16.9 Å². The number of fused-ring (bicyclic) bond motifs is 1. The van der Waals surface area contributed by atoms with Crippen molar-refractivity contribution in [2.75, 3.05) is 26.0 Å². The molecular weight excluding hydrogens is 350 g/mol. The molecule has 0 aliphatic rings. The summed E-state index contributed by atoms with van der Waals surface area (Å²) >= 11 is 6.06. The van der Waals surface area contributed by atoms with Gasteiger partial charge >= 0.3 is 0 Å². The molecule has 0 bridgehead atoms. The maximum Gasteiger partial charge on any atom is 0.275 e. The van der Waals surface area contributed by atoms with Crippen LogP contribution in [0.3, 0.4) is 0 Å². The van der Waals surface area contributed by atoms with Gasteiger partial charge in [0.1, 0.15) is 11.8 Å². The molecule has 26 heavy (non-hydrogen) atoms. The zero-order valence-corrected chi connectivity index (χ0v) is 15.3. The van der Waals surface area contributed by atoms with E-state index < -0.39 is 5.91 Å². The molecule has 7 heteroatoms. The van der Waals surface area contributed by atoms with Gasteiger partial charge in [-0.2, -0.15) is 5.26 Å². The molecule has 0 saturated heterocycles. The van der Waals surface area contributed by atoms with Crippen molar-refractivity contribution in [2.45, 2.75) is 6.54 Å². The van der Waals surface area contributed by atoms with Gasteiger partial charge in [-0.15, -0.1) is 0 Å². The van der Waals surface area contributed by atoms with Gasteiger partial charge in [-0.05, 0) is 43.7 Å². The number of halogens is 1. The van der Waals surface area contributed by atoms with Crippen LogP contribution in [0, 0.1) is 11.3 Å². The second kappa shape index (κ2) is 7.56. The number of benzene rings is 1. The first-order valence-electron chi connectivity index (χ1n) is 8.08. The van der Waals surface area contributed by atoms with Gasteiger partial charge < -0.3 is 14.8 Å². The minimum absolute atomic E-state index is 0.0914. The normalized spacial score (nSPS) is 10.9. The number of rotatable bonds is 5. The van der Waals surface area contributed by atoms with Crippen LogP contribution in [0.15, 0.2) is 42.7 Å². The predicted octanol–water partition coefficient (Wildman–Crippen LogP) is 3.38. The van der Waals surface area contributed by atoms with Gasteiger partial charge in [-0.25, -0.2) is 4.98 Å². The Kier molecular flexibility index (Phi) is 5.21. The standard InChI is InChI=1S/C19H18ClN5O/c1-24(2)7-8-25-6-5-14-3-4-15(10-17(14)25)23-19(26)18-16(20)9-13(11-21)12-22-18/h3-6,9-10,12H,7-8H2,1-2H3,(H,23,26). The van der Waals surface area contributed by atoms with Crippen molar-refractivity contribution < 1.29 is 4.79 Å². The zero-order chi connectivity index (χ0) is 18.7. The highest BCUT2D eigenvalue weighted by atomic mass is 35.5. The van der Waals surface area contributed by atoms with Crippen LogP contribution >= 0.6 is 11.6 Å². The van der Waals surface area contributed by atoms with Gasteiger partial charge in [0.05, 0.1) is 16.1 Å². The number of nitrogens with one attached hydrogen (secondary N) is 1. The first-order valence-corrected chi connectivity index (χ1v) is 8.46. The molecule has 2 heterocycles. The molecule has 0 aliphatic carbocycles. The molecule has 0 spiro atoms. The summed E-state index contributed by atoms with van der Waals surface area (Å²) in [6.45, 7) is 1.78. The number of pyridine rings is 1. The Bertz CT molecular complexity index is 1000. The number of nitriles is 1. The highest BCUT2D eigenvalue weighted by Gasteiger charge is 2.14. The summed E-state index contributed by atoms with van der Waals surface area (Å²) in [6.07, 6.45) is 3.37. The SMILES string of the molecule is CN(C)CCn1ccc2ccc(NC(=O)c3ncc(C#N)cc3Cl)cc21. The third kappa shape index (κ3) is 3.85. The molecule has 1 aromatic carbocycles. The van der Waals surface area contributed by atoms with Crippen LogP contribution < -0.4 is 5.32 Å². The van der Waals surface area contributed by atoms with E-state index in [1.165, 1.54) is 12.3 Å². The van der Waals surface area contributed by atoms with Crippen molar-refractivity contribution in [1.82, 2.24) is 14.5 Å². The summed E-state index contributed by atoms with van der Waals surface area (Å²) in [4.78, 5) is 18.6. The van der Waals surface area contributed by atoms with Gasteiger partial charge in [0.25, 0.3) is 5.91 Å². The summed E-state index contributed by atoms with van der Waals surface area (Å²) < 4.78 is 2.15. The largest absolute Gasteiger partial charge is 0.346 e. The Morgan fingerprint density at radius 3 is 2.85 bits per heavy atom. The Labute approximate surface area is 156 Å². The number of nitrogens with zero attached hydrogens (tertiary/aromatic N) is 4. The van der Waals surface area contributed by atoms with E-state index in [1.807, 2.05) is 44.6 Å². The molecule has 2 aromatic heterocycles. The summed E-state index contributed by atoms with van der Waals surface area (Å²) in [6, 6.07) is 11.2. The molecule has 6 nitrogen and oxygen atoms in total.